The van der Waals surface area contributed by atoms with Gasteiger partial charge in [0.1, 0.15) is 0 Å². The molecule has 1 fully saturated rings. The Morgan fingerprint density at radius 3 is 2.47 bits per heavy atom. The van der Waals surface area contributed by atoms with Crippen LogP contribution in [0.15, 0.2) is 0 Å². The second-order valence-electron chi connectivity index (χ2n) is 6.31. The summed E-state index contributed by atoms with van der Waals surface area (Å²) in [6.07, 6.45) is 1.81. The quantitative estimate of drug-likeness (QED) is 0.830. The van der Waals surface area contributed by atoms with E-state index in [1.54, 1.807) is 0 Å². The fraction of sp³-hybridized carbons (Fsp3) is 1.00. The number of rotatable bonds is 4. The Balaban J connectivity index is 2.71. The summed E-state index contributed by atoms with van der Waals surface area (Å²) in [5.41, 5.74) is 0.167. The lowest BCUT2D eigenvalue weighted by Gasteiger charge is -2.47. The molecule has 17 heavy (non-hydrogen) atoms. The minimum atomic E-state index is -0.727. The van der Waals surface area contributed by atoms with Gasteiger partial charge in [-0.3, -0.25) is 9.11 Å². The molecule has 1 heterocycles. The van der Waals surface area contributed by atoms with Crippen LogP contribution in [0.5, 0.6) is 0 Å². The van der Waals surface area contributed by atoms with E-state index in [-0.39, 0.29) is 10.8 Å². The van der Waals surface area contributed by atoms with Crippen LogP contribution in [0.2, 0.25) is 0 Å². The number of nitrogens with zero attached hydrogens (tertiary/aromatic N) is 1. The van der Waals surface area contributed by atoms with Gasteiger partial charge in [-0.25, -0.2) is 0 Å². The molecule has 4 heteroatoms. The van der Waals surface area contributed by atoms with Crippen LogP contribution >= 0.6 is 0 Å². The summed E-state index contributed by atoms with van der Waals surface area (Å²) in [5.74, 6) is 0.635. The van der Waals surface area contributed by atoms with E-state index < -0.39 is 10.8 Å². The van der Waals surface area contributed by atoms with E-state index in [2.05, 4.69) is 44.8 Å². The van der Waals surface area contributed by atoms with Crippen molar-refractivity contribution in [2.75, 3.05) is 25.9 Å². The second kappa shape index (κ2) is 5.81. The van der Waals surface area contributed by atoms with Crippen LogP contribution in [-0.4, -0.2) is 51.8 Å². The van der Waals surface area contributed by atoms with E-state index in [9.17, 15) is 4.21 Å². The zero-order valence-electron chi connectivity index (χ0n) is 12.1. The molecule has 3 unspecified atom stereocenters. The fourth-order valence-corrected chi connectivity index (χ4v) is 2.88. The summed E-state index contributed by atoms with van der Waals surface area (Å²) < 4.78 is 11.5. The van der Waals surface area contributed by atoms with Gasteiger partial charge in [0.05, 0.1) is 0 Å². The average Bonchev–Trinajstić information content (AvgIpc) is 2.15. The molecule has 0 aromatic heterocycles. The molecule has 1 aliphatic heterocycles. The highest BCUT2D eigenvalue weighted by Gasteiger charge is 2.34. The predicted molar refractivity (Wildman–Crippen MR) is 75.8 cm³/mol. The van der Waals surface area contributed by atoms with E-state index in [4.69, 9.17) is 0 Å². The zero-order chi connectivity index (χ0) is 13.2. The first-order valence-electron chi connectivity index (χ1n) is 6.54. The van der Waals surface area contributed by atoms with Gasteiger partial charge in [-0.1, -0.05) is 13.8 Å². The summed E-state index contributed by atoms with van der Waals surface area (Å²) >= 11 is 0. The molecule has 0 saturated carbocycles. The van der Waals surface area contributed by atoms with Crippen molar-refractivity contribution in [2.24, 2.45) is 5.92 Å². The molecule has 0 aliphatic carbocycles. The molecule has 1 N–H and O–H groups in total. The fourth-order valence-electron chi connectivity index (χ4n) is 2.48. The smallest absolute Gasteiger partial charge is 0.0444 e. The normalized spacial score (nSPS) is 29.2. The standard InChI is InChI=1S/C13H28N2OS/c1-10(2)12-7-14-13(4,5)9-15(12)8-11(3)17(6)16/h10-12,14H,7-9H2,1-6H3. The van der Waals surface area contributed by atoms with Crippen molar-refractivity contribution < 1.29 is 4.21 Å². The Morgan fingerprint density at radius 2 is 2.00 bits per heavy atom. The maximum absolute atomic E-state index is 11.5. The van der Waals surface area contributed by atoms with E-state index in [1.165, 1.54) is 0 Å². The summed E-state index contributed by atoms with van der Waals surface area (Å²) in [5, 5.41) is 3.86. The minimum absolute atomic E-state index is 0.167. The Kier molecular flexibility index (Phi) is 5.17. The number of hydrogen-bond donors (Lipinski definition) is 1. The van der Waals surface area contributed by atoms with Gasteiger partial charge in [0.15, 0.2) is 0 Å². The Morgan fingerprint density at radius 1 is 1.41 bits per heavy atom. The molecule has 1 aliphatic rings. The number of hydrogen-bond acceptors (Lipinski definition) is 3. The van der Waals surface area contributed by atoms with Crippen molar-refractivity contribution in [1.29, 1.82) is 0 Å². The van der Waals surface area contributed by atoms with Crippen LogP contribution < -0.4 is 5.32 Å². The molecule has 3 nitrogen and oxygen atoms in total. The number of piperazine rings is 1. The first kappa shape index (κ1) is 15.1. The minimum Gasteiger partial charge on any atom is -0.309 e. The van der Waals surface area contributed by atoms with Crippen LogP contribution in [-0.2, 0) is 10.8 Å². The van der Waals surface area contributed by atoms with Crippen molar-refractivity contribution in [1.82, 2.24) is 10.2 Å². The average molecular weight is 260 g/mol. The predicted octanol–water partition coefficient (Wildman–Crippen LogP) is 1.46. The van der Waals surface area contributed by atoms with Crippen molar-refractivity contribution in [3.8, 4) is 0 Å². The van der Waals surface area contributed by atoms with Gasteiger partial charge in [0.2, 0.25) is 0 Å². The van der Waals surface area contributed by atoms with Crippen LogP contribution in [0.3, 0.4) is 0 Å². The molecule has 0 bridgehead atoms. The van der Waals surface area contributed by atoms with E-state index >= 15 is 0 Å². The Bertz CT molecular complexity index is 279. The van der Waals surface area contributed by atoms with Crippen LogP contribution in [0.25, 0.3) is 0 Å². The van der Waals surface area contributed by atoms with Gasteiger partial charge in [0.25, 0.3) is 0 Å². The maximum Gasteiger partial charge on any atom is 0.0444 e. The van der Waals surface area contributed by atoms with Crippen molar-refractivity contribution in [3.63, 3.8) is 0 Å². The van der Waals surface area contributed by atoms with Crippen LogP contribution in [0.1, 0.15) is 34.6 Å². The molecule has 1 rings (SSSR count). The third kappa shape index (κ3) is 4.34. The Labute approximate surface area is 109 Å². The highest BCUT2D eigenvalue weighted by molar-refractivity contribution is 7.84. The Hall–Kier alpha value is 0.0700. The summed E-state index contributed by atoms with van der Waals surface area (Å²) in [6.45, 7) is 14.1. The summed E-state index contributed by atoms with van der Waals surface area (Å²) in [6, 6.07) is 0.564. The second-order valence-corrected chi connectivity index (χ2v) is 8.12. The molecule has 0 aromatic rings. The molecule has 0 spiro atoms. The summed E-state index contributed by atoms with van der Waals surface area (Å²) in [7, 11) is -0.727. The van der Waals surface area contributed by atoms with Gasteiger partial charge in [-0.2, -0.15) is 0 Å². The van der Waals surface area contributed by atoms with Crippen molar-refractivity contribution in [3.05, 3.63) is 0 Å². The third-order valence-corrected chi connectivity index (χ3v) is 4.97. The molecule has 3 atom stereocenters. The lowest BCUT2D eigenvalue weighted by Crippen LogP contribution is -2.63. The van der Waals surface area contributed by atoms with Crippen LogP contribution in [0.4, 0.5) is 0 Å². The van der Waals surface area contributed by atoms with E-state index in [0.29, 0.717) is 12.0 Å². The first-order chi connectivity index (χ1) is 7.73. The molecular weight excluding hydrogens is 232 g/mol. The zero-order valence-corrected chi connectivity index (χ0v) is 12.9. The van der Waals surface area contributed by atoms with E-state index in [0.717, 1.165) is 19.6 Å². The SMILES string of the molecule is CC(C)C1CNC(C)(C)CN1CC(C)S(C)=O. The molecule has 102 valence electrons. The van der Waals surface area contributed by atoms with Crippen molar-refractivity contribution >= 4 is 10.8 Å². The van der Waals surface area contributed by atoms with E-state index in [1.807, 2.05) is 6.26 Å². The van der Waals surface area contributed by atoms with Gasteiger partial charge in [0, 0.05) is 53.5 Å². The molecule has 0 radical (unpaired) electrons. The molecule has 1 saturated heterocycles. The monoisotopic (exact) mass is 260 g/mol. The van der Waals surface area contributed by atoms with Gasteiger partial charge < -0.3 is 5.32 Å². The molecule has 0 aromatic carbocycles. The van der Waals surface area contributed by atoms with Gasteiger partial charge in [-0.15, -0.1) is 0 Å². The highest BCUT2D eigenvalue weighted by atomic mass is 32.2. The summed E-state index contributed by atoms with van der Waals surface area (Å²) in [4.78, 5) is 2.52. The highest BCUT2D eigenvalue weighted by Crippen LogP contribution is 2.20. The lowest BCUT2D eigenvalue weighted by molar-refractivity contribution is 0.0706. The first-order valence-corrected chi connectivity index (χ1v) is 8.16. The van der Waals surface area contributed by atoms with Gasteiger partial charge >= 0.3 is 0 Å². The third-order valence-electron chi connectivity index (χ3n) is 3.68. The lowest BCUT2D eigenvalue weighted by atomic mass is 9.93. The van der Waals surface area contributed by atoms with Crippen LogP contribution in [0, 0.1) is 5.92 Å². The maximum atomic E-state index is 11.5. The van der Waals surface area contributed by atoms with Crippen molar-refractivity contribution in [2.45, 2.75) is 51.4 Å². The number of nitrogens with one attached hydrogen (secondary N) is 1. The molecular formula is C13H28N2OS. The largest absolute Gasteiger partial charge is 0.309 e. The topological polar surface area (TPSA) is 32.3 Å². The van der Waals surface area contributed by atoms with Gasteiger partial charge in [-0.05, 0) is 26.7 Å². The molecule has 0 amide bonds.